The average molecular weight is 279 g/mol. The maximum Gasteiger partial charge on any atom is 0.136 e. The first kappa shape index (κ1) is 11.6. The molecule has 0 unspecified atom stereocenters. The van der Waals surface area contributed by atoms with E-state index >= 15 is 0 Å². The van der Waals surface area contributed by atoms with Crippen LogP contribution in [-0.4, -0.2) is 0 Å². The van der Waals surface area contributed by atoms with Crippen molar-refractivity contribution in [2.75, 3.05) is 0 Å². The molecule has 0 fully saturated rings. The Bertz CT molecular complexity index is 916. The lowest BCUT2D eigenvalue weighted by Crippen LogP contribution is -1.77. The second kappa shape index (κ2) is 4.39. The van der Waals surface area contributed by atoms with Crippen molar-refractivity contribution in [3.05, 3.63) is 71.8 Å². The molecule has 0 saturated carbocycles. The van der Waals surface area contributed by atoms with E-state index in [0.717, 1.165) is 27.3 Å². The van der Waals surface area contributed by atoms with Crippen LogP contribution in [-0.2, 0) is 0 Å². The monoisotopic (exact) mass is 278 g/mol. The van der Waals surface area contributed by atoms with Gasteiger partial charge in [-0.05, 0) is 35.0 Å². The Hall–Kier alpha value is -2.25. The zero-order valence-electron chi connectivity index (χ0n) is 10.6. The van der Waals surface area contributed by atoms with E-state index < -0.39 is 0 Å². The predicted molar refractivity (Wildman–Crippen MR) is 84.2 cm³/mol. The number of halogens is 1. The summed E-state index contributed by atoms with van der Waals surface area (Å²) >= 11 is 6.03. The van der Waals surface area contributed by atoms with Crippen molar-refractivity contribution in [2.24, 2.45) is 0 Å². The molecule has 0 amide bonds. The van der Waals surface area contributed by atoms with E-state index in [2.05, 4.69) is 30.3 Å². The second-order valence-corrected chi connectivity index (χ2v) is 5.26. The Kier molecular flexibility index (Phi) is 2.54. The standard InChI is InChI=1S/C18H11ClO/c19-14-8-9-17-13(10-14)11-18(20-17)16-7-3-5-12-4-1-2-6-15(12)16/h1-11H. The molecular formula is C18H11ClO. The molecule has 20 heavy (non-hydrogen) atoms. The summed E-state index contributed by atoms with van der Waals surface area (Å²) in [5.41, 5.74) is 1.97. The molecular weight excluding hydrogens is 268 g/mol. The highest BCUT2D eigenvalue weighted by Crippen LogP contribution is 2.33. The molecule has 3 aromatic carbocycles. The summed E-state index contributed by atoms with van der Waals surface area (Å²) in [5, 5.41) is 4.16. The molecule has 0 aliphatic rings. The quantitative estimate of drug-likeness (QED) is 0.422. The lowest BCUT2D eigenvalue weighted by atomic mass is 10.0. The van der Waals surface area contributed by atoms with Crippen LogP contribution in [0.1, 0.15) is 0 Å². The summed E-state index contributed by atoms with van der Waals surface area (Å²) in [6.45, 7) is 0. The van der Waals surface area contributed by atoms with Gasteiger partial charge < -0.3 is 4.42 Å². The van der Waals surface area contributed by atoms with Gasteiger partial charge in [0.25, 0.3) is 0 Å². The normalized spacial score (nSPS) is 11.2. The van der Waals surface area contributed by atoms with E-state index in [0.29, 0.717) is 0 Å². The first-order valence-electron chi connectivity index (χ1n) is 6.48. The highest BCUT2D eigenvalue weighted by Gasteiger charge is 2.09. The van der Waals surface area contributed by atoms with Gasteiger partial charge in [0.2, 0.25) is 0 Å². The fourth-order valence-corrected chi connectivity index (χ4v) is 2.77. The number of hydrogen-bond donors (Lipinski definition) is 0. The van der Waals surface area contributed by atoms with Crippen LogP contribution in [0.5, 0.6) is 0 Å². The van der Waals surface area contributed by atoms with Crippen molar-refractivity contribution in [3.8, 4) is 11.3 Å². The number of rotatable bonds is 1. The summed E-state index contributed by atoms with van der Waals surface area (Å²) in [5.74, 6) is 0.874. The van der Waals surface area contributed by atoms with Gasteiger partial charge in [0, 0.05) is 16.0 Å². The highest BCUT2D eigenvalue weighted by molar-refractivity contribution is 6.31. The maximum atomic E-state index is 6.03. The van der Waals surface area contributed by atoms with Crippen molar-refractivity contribution < 1.29 is 4.42 Å². The molecule has 0 aliphatic carbocycles. The molecule has 1 heterocycles. The van der Waals surface area contributed by atoms with Crippen LogP contribution < -0.4 is 0 Å². The van der Waals surface area contributed by atoms with E-state index in [1.165, 1.54) is 10.8 Å². The summed E-state index contributed by atoms with van der Waals surface area (Å²) in [7, 11) is 0. The average Bonchev–Trinajstić information content (AvgIpc) is 2.89. The van der Waals surface area contributed by atoms with E-state index in [4.69, 9.17) is 16.0 Å². The number of hydrogen-bond acceptors (Lipinski definition) is 1. The minimum absolute atomic E-state index is 0.725. The molecule has 0 atom stereocenters. The lowest BCUT2D eigenvalue weighted by Gasteiger charge is -2.03. The molecule has 0 bridgehead atoms. The third-order valence-corrected chi connectivity index (χ3v) is 3.77. The zero-order valence-corrected chi connectivity index (χ0v) is 11.4. The van der Waals surface area contributed by atoms with Gasteiger partial charge in [0.15, 0.2) is 0 Å². The second-order valence-electron chi connectivity index (χ2n) is 4.82. The molecule has 0 spiro atoms. The van der Waals surface area contributed by atoms with Crippen molar-refractivity contribution >= 4 is 33.3 Å². The van der Waals surface area contributed by atoms with Crippen molar-refractivity contribution in [1.82, 2.24) is 0 Å². The number of furan rings is 1. The first-order valence-corrected chi connectivity index (χ1v) is 6.86. The summed E-state index contributed by atoms with van der Waals surface area (Å²) in [6.07, 6.45) is 0. The number of fused-ring (bicyclic) bond motifs is 2. The van der Waals surface area contributed by atoms with Crippen LogP contribution in [0.25, 0.3) is 33.1 Å². The van der Waals surface area contributed by atoms with Gasteiger partial charge >= 0.3 is 0 Å². The van der Waals surface area contributed by atoms with Gasteiger partial charge in [0.05, 0.1) is 0 Å². The molecule has 0 saturated heterocycles. The van der Waals surface area contributed by atoms with Gasteiger partial charge in [0.1, 0.15) is 11.3 Å². The molecule has 2 heteroatoms. The molecule has 1 nitrogen and oxygen atoms in total. The van der Waals surface area contributed by atoms with Crippen LogP contribution in [0.4, 0.5) is 0 Å². The van der Waals surface area contributed by atoms with Crippen LogP contribution in [0.2, 0.25) is 5.02 Å². The Labute approximate surface area is 121 Å². The molecule has 1 aromatic heterocycles. The Balaban J connectivity index is 2.01. The van der Waals surface area contributed by atoms with E-state index in [1.807, 2.05) is 36.4 Å². The molecule has 0 radical (unpaired) electrons. The Morgan fingerprint density at radius 1 is 0.750 bits per heavy atom. The van der Waals surface area contributed by atoms with Crippen LogP contribution in [0.15, 0.2) is 71.1 Å². The fourth-order valence-electron chi connectivity index (χ4n) is 2.59. The van der Waals surface area contributed by atoms with Crippen LogP contribution in [0.3, 0.4) is 0 Å². The topological polar surface area (TPSA) is 13.1 Å². The SMILES string of the molecule is Clc1ccc2oc(-c3cccc4ccccc34)cc2c1. The highest BCUT2D eigenvalue weighted by atomic mass is 35.5. The predicted octanol–water partition coefficient (Wildman–Crippen LogP) is 5.91. The van der Waals surface area contributed by atoms with E-state index in [9.17, 15) is 0 Å². The van der Waals surface area contributed by atoms with Crippen molar-refractivity contribution in [3.63, 3.8) is 0 Å². The first-order chi connectivity index (χ1) is 9.81. The van der Waals surface area contributed by atoms with Crippen molar-refractivity contribution in [1.29, 1.82) is 0 Å². The minimum atomic E-state index is 0.725. The largest absolute Gasteiger partial charge is 0.456 e. The molecule has 4 aromatic rings. The van der Waals surface area contributed by atoms with Crippen LogP contribution >= 0.6 is 11.6 Å². The van der Waals surface area contributed by atoms with Gasteiger partial charge in [-0.2, -0.15) is 0 Å². The van der Waals surface area contributed by atoms with E-state index in [-0.39, 0.29) is 0 Å². The van der Waals surface area contributed by atoms with Crippen LogP contribution in [0, 0.1) is 0 Å². The summed E-state index contributed by atoms with van der Waals surface area (Å²) in [4.78, 5) is 0. The Morgan fingerprint density at radius 3 is 2.55 bits per heavy atom. The maximum absolute atomic E-state index is 6.03. The molecule has 0 aliphatic heterocycles. The molecule has 96 valence electrons. The van der Waals surface area contributed by atoms with Gasteiger partial charge in [-0.25, -0.2) is 0 Å². The van der Waals surface area contributed by atoms with Gasteiger partial charge in [-0.3, -0.25) is 0 Å². The third kappa shape index (κ3) is 1.79. The zero-order chi connectivity index (χ0) is 13.5. The summed E-state index contributed by atoms with van der Waals surface area (Å²) in [6, 6.07) is 22.3. The van der Waals surface area contributed by atoms with Gasteiger partial charge in [-0.1, -0.05) is 54.1 Å². The minimum Gasteiger partial charge on any atom is -0.456 e. The molecule has 4 rings (SSSR count). The smallest absolute Gasteiger partial charge is 0.136 e. The lowest BCUT2D eigenvalue weighted by molar-refractivity contribution is 0.632. The fraction of sp³-hybridized carbons (Fsp3) is 0. The van der Waals surface area contributed by atoms with Crippen molar-refractivity contribution in [2.45, 2.75) is 0 Å². The Morgan fingerprint density at radius 2 is 1.60 bits per heavy atom. The molecule has 0 N–H and O–H groups in total. The van der Waals surface area contributed by atoms with Gasteiger partial charge in [-0.15, -0.1) is 0 Å². The van der Waals surface area contributed by atoms with E-state index in [1.54, 1.807) is 0 Å². The summed E-state index contributed by atoms with van der Waals surface area (Å²) < 4.78 is 5.96. The number of benzene rings is 3. The third-order valence-electron chi connectivity index (χ3n) is 3.53.